The van der Waals surface area contributed by atoms with E-state index in [-0.39, 0.29) is 82.2 Å². The minimum atomic E-state index is -1.12. The fraction of sp³-hybridized carbons (Fsp3) is 0.462. The topological polar surface area (TPSA) is 174 Å². The van der Waals surface area contributed by atoms with E-state index in [2.05, 4.69) is 20.6 Å². The number of nitrogens with zero attached hydrogens (tertiary/aromatic N) is 4. The number of aliphatic carboxylic acids is 1. The van der Waals surface area contributed by atoms with Crippen LogP contribution in [0, 0.1) is 0 Å². The molecule has 40 heavy (non-hydrogen) atoms. The van der Waals surface area contributed by atoms with Crippen LogP contribution in [0.4, 0.5) is 10.6 Å². The molecule has 3 amide bonds. The summed E-state index contributed by atoms with van der Waals surface area (Å²) in [6.45, 7) is 4.48. The smallest absolute Gasteiger partial charge is 0.409 e. The Morgan fingerprint density at radius 3 is 2.30 bits per heavy atom. The Morgan fingerprint density at radius 1 is 1.05 bits per heavy atom. The zero-order chi connectivity index (χ0) is 28.4. The fourth-order valence-corrected chi connectivity index (χ4v) is 3.95. The number of nitrogens with one attached hydrogen (secondary N) is 2. The number of halogens is 1. The quantitative estimate of drug-likeness (QED) is 0.307. The summed E-state index contributed by atoms with van der Waals surface area (Å²) in [5, 5.41) is 24.3. The molecule has 2 aromatic rings. The summed E-state index contributed by atoms with van der Waals surface area (Å²) in [6, 6.07) is 8.94. The number of benzene rings is 1. The van der Waals surface area contributed by atoms with Gasteiger partial charge in [-0.05, 0) is 20.3 Å². The Bertz CT molecular complexity index is 1160. The maximum atomic E-state index is 13.3. The van der Waals surface area contributed by atoms with E-state index in [1.807, 2.05) is 6.07 Å². The maximum absolute atomic E-state index is 13.3. The Kier molecular flexibility index (Phi) is 12.6. The lowest BCUT2D eigenvalue weighted by Gasteiger charge is -2.35. The number of carboxylic acids is 1. The summed E-state index contributed by atoms with van der Waals surface area (Å²) in [7, 11) is 0. The molecule has 2 atom stereocenters. The average molecular weight is 579 g/mol. The van der Waals surface area contributed by atoms with Gasteiger partial charge in [-0.15, -0.1) is 12.4 Å². The van der Waals surface area contributed by atoms with Gasteiger partial charge in [0.05, 0.1) is 13.2 Å². The van der Waals surface area contributed by atoms with Crippen LogP contribution in [-0.2, 0) is 14.3 Å². The number of amides is 3. The second kappa shape index (κ2) is 15.6. The highest BCUT2D eigenvalue weighted by Gasteiger charge is 2.31. The number of aliphatic hydroxyl groups is 1. The highest BCUT2D eigenvalue weighted by molar-refractivity contribution is 5.97. The first-order valence-corrected chi connectivity index (χ1v) is 12.8. The highest BCUT2D eigenvalue weighted by Crippen LogP contribution is 2.19. The Morgan fingerprint density at radius 2 is 1.70 bits per heavy atom. The van der Waals surface area contributed by atoms with Gasteiger partial charge in [0.15, 0.2) is 5.82 Å². The van der Waals surface area contributed by atoms with Gasteiger partial charge >= 0.3 is 12.1 Å². The molecule has 1 aromatic heterocycles. The van der Waals surface area contributed by atoms with E-state index in [9.17, 15) is 29.4 Å². The lowest BCUT2D eigenvalue weighted by molar-refractivity contribution is -0.138. The van der Waals surface area contributed by atoms with Crippen molar-refractivity contribution in [3.05, 3.63) is 42.1 Å². The van der Waals surface area contributed by atoms with E-state index in [1.54, 1.807) is 38.1 Å². The number of hydrogen-bond donors (Lipinski definition) is 4. The van der Waals surface area contributed by atoms with Crippen LogP contribution < -0.4 is 10.6 Å². The van der Waals surface area contributed by atoms with Crippen LogP contribution in [0.25, 0.3) is 11.4 Å². The van der Waals surface area contributed by atoms with Crippen molar-refractivity contribution in [2.45, 2.75) is 38.8 Å². The van der Waals surface area contributed by atoms with Gasteiger partial charge in [-0.25, -0.2) is 14.8 Å². The van der Waals surface area contributed by atoms with Crippen LogP contribution in [0.1, 0.15) is 37.2 Å². The monoisotopic (exact) mass is 578 g/mol. The van der Waals surface area contributed by atoms with Gasteiger partial charge in [0.2, 0.25) is 5.91 Å². The molecule has 0 bridgehead atoms. The van der Waals surface area contributed by atoms with Gasteiger partial charge in [-0.3, -0.25) is 14.4 Å². The predicted octanol–water partition coefficient (Wildman–Crippen LogP) is 1.62. The molecule has 1 fully saturated rings. The Balaban J connectivity index is 0.00000560. The summed E-state index contributed by atoms with van der Waals surface area (Å²) >= 11 is 0. The molecule has 218 valence electrons. The molecule has 0 radical (unpaired) electrons. The SMILES string of the molecule is CCOC(=O)N1CCN(C(=O)[C@H](CCC(=O)O)NC(=O)c2cc(NC(C)CO)nc(-c3ccccc3)n2)CC1.Cl. The van der Waals surface area contributed by atoms with Crippen molar-refractivity contribution in [3.63, 3.8) is 0 Å². The van der Waals surface area contributed by atoms with Crippen molar-refractivity contribution < 1.29 is 34.1 Å². The van der Waals surface area contributed by atoms with Crippen LogP contribution in [-0.4, -0.2) is 105 Å². The lowest BCUT2D eigenvalue weighted by atomic mass is 10.1. The van der Waals surface area contributed by atoms with Crippen LogP contribution >= 0.6 is 12.4 Å². The zero-order valence-corrected chi connectivity index (χ0v) is 23.2. The highest BCUT2D eigenvalue weighted by atomic mass is 35.5. The van der Waals surface area contributed by atoms with E-state index in [0.717, 1.165) is 0 Å². The second-order valence-electron chi connectivity index (χ2n) is 9.03. The summed E-state index contributed by atoms with van der Waals surface area (Å²) in [5.41, 5.74) is 0.626. The molecule has 1 aliphatic heterocycles. The molecule has 1 unspecified atom stereocenters. The Labute approximate surface area is 238 Å². The van der Waals surface area contributed by atoms with E-state index < -0.39 is 29.9 Å². The molecule has 0 aliphatic carbocycles. The molecule has 1 saturated heterocycles. The molecule has 4 N–H and O–H groups in total. The summed E-state index contributed by atoms with van der Waals surface area (Å²) < 4.78 is 5.00. The molecule has 1 aliphatic rings. The minimum Gasteiger partial charge on any atom is -0.481 e. The predicted molar refractivity (Wildman–Crippen MR) is 148 cm³/mol. The van der Waals surface area contributed by atoms with E-state index in [1.165, 1.54) is 15.9 Å². The number of carbonyl (C=O) groups is 4. The van der Waals surface area contributed by atoms with Crippen LogP contribution in [0.5, 0.6) is 0 Å². The summed E-state index contributed by atoms with van der Waals surface area (Å²) in [6.07, 6.45) is -0.918. The number of piperazine rings is 1. The van der Waals surface area contributed by atoms with Crippen molar-refractivity contribution in [1.82, 2.24) is 25.1 Å². The standard InChI is InChI=1S/C26H34N6O7.ClH/c1-3-39-26(38)32-13-11-31(12-14-32)25(37)19(9-10-22(34)35)29-24(36)20-15-21(27-17(2)16-33)30-23(28-20)18-7-5-4-6-8-18;/h4-8,15,17,19,33H,3,9-14,16H2,1-2H3,(H,29,36)(H,34,35)(H,27,28,30);1H/t17?,19-;/m0./s1. The molecule has 0 spiro atoms. The number of carbonyl (C=O) groups excluding carboxylic acids is 3. The van der Waals surface area contributed by atoms with E-state index in [0.29, 0.717) is 11.4 Å². The molecule has 3 rings (SSSR count). The third-order valence-corrected chi connectivity index (χ3v) is 6.03. The number of aliphatic hydroxyl groups excluding tert-OH is 1. The summed E-state index contributed by atoms with van der Waals surface area (Å²) in [5.74, 6) is -1.66. The lowest BCUT2D eigenvalue weighted by Crippen LogP contribution is -2.56. The number of carboxylic acid groups (broad SMARTS) is 1. The normalized spacial score (nSPS) is 14.4. The largest absolute Gasteiger partial charge is 0.481 e. The number of ether oxygens (including phenoxy) is 1. The first-order chi connectivity index (χ1) is 18.7. The molecule has 13 nitrogen and oxygen atoms in total. The fourth-order valence-electron chi connectivity index (χ4n) is 3.95. The molecular weight excluding hydrogens is 544 g/mol. The Hall–Kier alpha value is -3.97. The maximum Gasteiger partial charge on any atom is 0.409 e. The van der Waals surface area contributed by atoms with Gasteiger partial charge in [0, 0.05) is 50.3 Å². The van der Waals surface area contributed by atoms with Crippen molar-refractivity contribution >= 4 is 42.1 Å². The van der Waals surface area contributed by atoms with Crippen molar-refractivity contribution in [2.75, 3.05) is 44.7 Å². The number of rotatable bonds is 11. The van der Waals surface area contributed by atoms with Crippen LogP contribution in [0.15, 0.2) is 36.4 Å². The van der Waals surface area contributed by atoms with Gasteiger partial charge in [0.25, 0.3) is 5.91 Å². The third kappa shape index (κ3) is 9.06. The molecule has 2 heterocycles. The van der Waals surface area contributed by atoms with Crippen molar-refractivity contribution in [2.24, 2.45) is 0 Å². The molecule has 1 aromatic carbocycles. The van der Waals surface area contributed by atoms with Gasteiger partial charge in [-0.1, -0.05) is 30.3 Å². The van der Waals surface area contributed by atoms with E-state index in [4.69, 9.17) is 4.74 Å². The number of hydrogen-bond acceptors (Lipinski definition) is 9. The van der Waals surface area contributed by atoms with Crippen LogP contribution in [0.2, 0.25) is 0 Å². The van der Waals surface area contributed by atoms with Gasteiger partial charge in [-0.2, -0.15) is 0 Å². The first kappa shape index (κ1) is 32.2. The minimum absolute atomic E-state index is 0. The van der Waals surface area contributed by atoms with Gasteiger partial charge < -0.3 is 35.4 Å². The molecular formula is C26H35ClN6O7. The zero-order valence-electron chi connectivity index (χ0n) is 22.4. The van der Waals surface area contributed by atoms with Crippen LogP contribution in [0.3, 0.4) is 0 Å². The van der Waals surface area contributed by atoms with Crippen molar-refractivity contribution in [3.8, 4) is 11.4 Å². The first-order valence-electron chi connectivity index (χ1n) is 12.8. The van der Waals surface area contributed by atoms with E-state index >= 15 is 0 Å². The summed E-state index contributed by atoms with van der Waals surface area (Å²) in [4.78, 5) is 61.7. The number of anilines is 1. The second-order valence-corrected chi connectivity index (χ2v) is 9.03. The van der Waals surface area contributed by atoms with Gasteiger partial charge in [0.1, 0.15) is 17.6 Å². The molecule has 0 saturated carbocycles. The van der Waals surface area contributed by atoms with Crippen molar-refractivity contribution in [1.29, 1.82) is 0 Å². The third-order valence-electron chi connectivity index (χ3n) is 6.03. The number of aromatic nitrogens is 2. The molecule has 14 heteroatoms. The average Bonchev–Trinajstić information content (AvgIpc) is 2.95.